The summed E-state index contributed by atoms with van der Waals surface area (Å²) in [6.45, 7) is 1.36. The van der Waals surface area contributed by atoms with Crippen molar-refractivity contribution in [3.05, 3.63) is 0 Å². The molecule has 0 N–H and O–H groups in total. The van der Waals surface area contributed by atoms with E-state index in [-0.39, 0.29) is 18.5 Å². The number of halogens is 1. The summed E-state index contributed by atoms with van der Waals surface area (Å²) >= 11 is 5.63. The molecule has 0 saturated carbocycles. The highest BCUT2D eigenvalue weighted by Gasteiger charge is 2.28. The molecule has 15 heavy (non-hydrogen) atoms. The Morgan fingerprint density at radius 3 is 2.93 bits per heavy atom. The summed E-state index contributed by atoms with van der Waals surface area (Å²) in [6, 6.07) is 0. The molecule has 0 aromatic heterocycles. The molecule has 1 heterocycles. The van der Waals surface area contributed by atoms with E-state index in [4.69, 9.17) is 21.1 Å². The van der Waals surface area contributed by atoms with Crippen LogP contribution in [-0.2, 0) is 19.5 Å². The lowest BCUT2D eigenvalue weighted by atomic mass is 10.3. The van der Waals surface area contributed by atoms with Crippen LogP contribution in [0.2, 0.25) is 0 Å². The zero-order valence-electron chi connectivity index (χ0n) is 8.69. The van der Waals surface area contributed by atoms with Crippen molar-refractivity contribution < 1.29 is 17.9 Å². The van der Waals surface area contributed by atoms with Crippen LogP contribution in [-0.4, -0.2) is 63.9 Å². The first-order valence-corrected chi connectivity index (χ1v) is 6.89. The van der Waals surface area contributed by atoms with Gasteiger partial charge in [0.25, 0.3) is 0 Å². The molecule has 1 atom stereocenters. The van der Waals surface area contributed by atoms with Gasteiger partial charge in [-0.15, -0.1) is 11.6 Å². The minimum atomic E-state index is -3.22. The number of hydrogen-bond donors (Lipinski definition) is 0. The topological polar surface area (TPSA) is 55.8 Å². The van der Waals surface area contributed by atoms with E-state index in [9.17, 15) is 8.42 Å². The van der Waals surface area contributed by atoms with Crippen LogP contribution in [0.5, 0.6) is 0 Å². The number of hydrogen-bond acceptors (Lipinski definition) is 4. The summed E-state index contributed by atoms with van der Waals surface area (Å²) in [5.74, 6) is 0.328. The maximum absolute atomic E-state index is 11.8. The van der Waals surface area contributed by atoms with Crippen molar-refractivity contribution in [1.29, 1.82) is 0 Å². The van der Waals surface area contributed by atoms with Crippen molar-refractivity contribution in [2.45, 2.75) is 6.10 Å². The van der Waals surface area contributed by atoms with E-state index in [1.807, 2.05) is 0 Å². The van der Waals surface area contributed by atoms with Crippen molar-refractivity contribution in [3.63, 3.8) is 0 Å². The first-order chi connectivity index (χ1) is 7.10. The van der Waals surface area contributed by atoms with Gasteiger partial charge in [-0.2, -0.15) is 4.31 Å². The SMILES string of the molecule is COCCS(=O)(=O)N1CCOC(CCl)C1. The standard InChI is InChI=1S/C8H16ClNO4S/c1-13-4-5-15(11,12)10-2-3-14-8(6-9)7-10/h8H,2-7H2,1H3. The molecule has 0 bridgehead atoms. The normalized spacial score (nSPS) is 24.3. The summed E-state index contributed by atoms with van der Waals surface area (Å²) in [5.41, 5.74) is 0. The summed E-state index contributed by atoms with van der Waals surface area (Å²) in [7, 11) is -1.74. The highest BCUT2D eigenvalue weighted by molar-refractivity contribution is 7.89. The molecule has 7 heteroatoms. The zero-order valence-corrected chi connectivity index (χ0v) is 10.3. The van der Waals surface area contributed by atoms with Gasteiger partial charge in [-0.25, -0.2) is 8.42 Å². The van der Waals surface area contributed by atoms with Crippen LogP contribution in [0.4, 0.5) is 0 Å². The summed E-state index contributed by atoms with van der Waals surface area (Å²) in [4.78, 5) is 0. The van der Waals surface area contributed by atoms with E-state index in [1.54, 1.807) is 0 Å². The van der Waals surface area contributed by atoms with Gasteiger partial charge >= 0.3 is 0 Å². The van der Waals surface area contributed by atoms with Gasteiger partial charge in [0.2, 0.25) is 10.0 Å². The van der Waals surface area contributed by atoms with Gasteiger partial charge in [0.05, 0.1) is 25.1 Å². The summed E-state index contributed by atoms with van der Waals surface area (Å²) in [6.07, 6.45) is -0.197. The Bertz CT molecular complexity index is 282. The van der Waals surface area contributed by atoms with Crippen LogP contribution in [0.15, 0.2) is 0 Å². The van der Waals surface area contributed by atoms with Gasteiger partial charge in [0, 0.05) is 26.1 Å². The molecule has 1 fully saturated rings. The Labute approximate surface area is 95.3 Å². The Kier molecular flexibility index (Phi) is 5.28. The molecule has 1 aliphatic heterocycles. The monoisotopic (exact) mass is 257 g/mol. The summed E-state index contributed by atoms with van der Waals surface area (Å²) < 4.78 is 35.0. The van der Waals surface area contributed by atoms with Gasteiger partial charge in [0.15, 0.2) is 0 Å². The molecule has 0 aromatic rings. The third kappa shape index (κ3) is 3.88. The van der Waals surface area contributed by atoms with Crippen molar-refractivity contribution in [2.24, 2.45) is 0 Å². The predicted molar refractivity (Wildman–Crippen MR) is 57.7 cm³/mol. The third-order valence-electron chi connectivity index (χ3n) is 2.21. The predicted octanol–water partition coefficient (Wildman–Crippen LogP) is -0.0978. The fourth-order valence-electron chi connectivity index (χ4n) is 1.36. The molecule has 90 valence electrons. The molecule has 1 rings (SSSR count). The van der Waals surface area contributed by atoms with Gasteiger partial charge in [-0.1, -0.05) is 0 Å². The second-order valence-electron chi connectivity index (χ2n) is 3.31. The quantitative estimate of drug-likeness (QED) is 0.646. The number of rotatable bonds is 5. The minimum Gasteiger partial charge on any atom is -0.384 e. The molecule has 0 spiro atoms. The van der Waals surface area contributed by atoms with Crippen LogP contribution < -0.4 is 0 Å². The molecule has 1 unspecified atom stereocenters. The molecule has 1 aliphatic rings. The fraction of sp³-hybridized carbons (Fsp3) is 1.00. The van der Waals surface area contributed by atoms with E-state index >= 15 is 0 Å². The van der Waals surface area contributed by atoms with Crippen LogP contribution in [0.25, 0.3) is 0 Å². The Morgan fingerprint density at radius 1 is 1.60 bits per heavy atom. The Balaban J connectivity index is 2.54. The minimum absolute atomic E-state index is 0.0124. The smallest absolute Gasteiger partial charge is 0.216 e. The van der Waals surface area contributed by atoms with Gasteiger partial charge in [0.1, 0.15) is 0 Å². The van der Waals surface area contributed by atoms with E-state index in [2.05, 4.69) is 0 Å². The van der Waals surface area contributed by atoms with E-state index in [0.29, 0.717) is 25.6 Å². The number of sulfonamides is 1. The number of morpholine rings is 1. The first-order valence-electron chi connectivity index (χ1n) is 4.74. The van der Waals surface area contributed by atoms with Crippen LogP contribution >= 0.6 is 11.6 Å². The highest BCUT2D eigenvalue weighted by Crippen LogP contribution is 2.11. The first kappa shape index (κ1) is 13.2. The Hall–Kier alpha value is 0.120. The van der Waals surface area contributed by atoms with Crippen LogP contribution in [0.3, 0.4) is 0 Å². The third-order valence-corrected chi connectivity index (χ3v) is 4.36. The summed E-state index contributed by atoms with van der Waals surface area (Å²) in [5, 5.41) is 0. The second kappa shape index (κ2) is 6.00. The van der Waals surface area contributed by atoms with E-state index in [1.165, 1.54) is 11.4 Å². The van der Waals surface area contributed by atoms with Gasteiger partial charge < -0.3 is 9.47 Å². The van der Waals surface area contributed by atoms with Crippen LogP contribution in [0.1, 0.15) is 0 Å². The maximum atomic E-state index is 11.8. The van der Waals surface area contributed by atoms with Gasteiger partial charge in [-0.05, 0) is 0 Å². The molecule has 0 radical (unpaired) electrons. The lowest BCUT2D eigenvalue weighted by Gasteiger charge is -2.31. The second-order valence-corrected chi connectivity index (χ2v) is 5.71. The van der Waals surface area contributed by atoms with E-state index < -0.39 is 10.0 Å². The zero-order chi connectivity index (χ0) is 11.3. The lowest BCUT2D eigenvalue weighted by molar-refractivity contribution is 0.0120. The van der Waals surface area contributed by atoms with Crippen molar-refractivity contribution >= 4 is 21.6 Å². The average molecular weight is 258 g/mol. The molecule has 0 amide bonds. The average Bonchev–Trinajstić information content (AvgIpc) is 2.26. The maximum Gasteiger partial charge on any atom is 0.216 e. The number of methoxy groups -OCH3 is 1. The molecule has 1 saturated heterocycles. The molecular formula is C8H16ClNO4S. The largest absolute Gasteiger partial charge is 0.384 e. The lowest BCUT2D eigenvalue weighted by Crippen LogP contribution is -2.47. The van der Waals surface area contributed by atoms with Crippen LogP contribution in [0, 0.1) is 0 Å². The molecule has 0 aliphatic carbocycles. The molecule has 0 aromatic carbocycles. The Morgan fingerprint density at radius 2 is 2.33 bits per heavy atom. The highest BCUT2D eigenvalue weighted by atomic mass is 35.5. The molecular weight excluding hydrogens is 242 g/mol. The van der Waals surface area contributed by atoms with Crippen molar-refractivity contribution in [1.82, 2.24) is 4.31 Å². The van der Waals surface area contributed by atoms with Crippen molar-refractivity contribution in [3.8, 4) is 0 Å². The number of nitrogens with zero attached hydrogens (tertiary/aromatic N) is 1. The van der Waals surface area contributed by atoms with Crippen molar-refractivity contribution in [2.75, 3.05) is 45.0 Å². The van der Waals surface area contributed by atoms with Gasteiger partial charge in [-0.3, -0.25) is 0 Å². The molecule has 5 nitrogen and oxygen atoms in total. The van der Waals surface area contributed by atoms with E-state index in [0.717, 1.165) is 0 Å². The number of ether oxygens (including phenoxy) is 2. The fourth-order valence-corrected chi connectivity index (χ4v) is 2.92. The number of alkyl halides is 1.